The lowest BCUT2D eigenvalue weighted by Gasteiger charge is -2.33. The van der Waals surface area contributed by atoms with Crippen LogP contribution in [0, 0.1) is 0 Å². The zero-order valence-electron chi connectivity index (χ0n) is 18.9. The van der Waals surface area contributed by atoms with Crippen molar-refractivity contribution in [1.29, 1.82) is 0 Å². The minimum atomic E-state index is -0.0413. The molecule has 170 valence electrons. The molecule has 34 heavy (non-hydrogen) atoms. The van der Waals surface area contributed by atoms with Crippen molar-refractivity contribution >= 4 is 34.6 Å². The predicted octanol–water partition coefficient (Wildman–Crippen LogP) is 6.58. The molecule has 0 unspecified atom stereocenters. The average Bonchev–Trinajstić information content (AvgIpc) is 2.89. The van der Waals surface area contributed by atoms with Gasteiger partial charge in [-0.1, -0.05) is 90.6 Å². The van der Waals surface area contributed by atoms with Gasteiger partial charge in [-0.05, 0) is 59.7 Å². The normalized spacial score (nSPS) is 18.6. The van der Waals surface area contributed by atoms with Crippen LogP contribution in [-0.2, 0) is 4.79 Å². The fourth-order valence-corrected chi connectivity index (χ4v) is 5.12. The molecule has 0 spiro atoms. The van der Waals surface area contributed by atoms with Crippen molar-refractivity contribution in [1.82, 2.24) is 5.32 Å². The highest BCUT2D eigenvalue weighted by molar-refractivity contribution is 8.14. The van der Waals surface area contributed by atoms with Gasteiger partial charge in [-0.15, -0.1) is 0 Å². The lowest BCUT2D eigenvalue weighted by molar-refractivity contribution is -0.113. The first kappa shape index (κ1) is 22.2. The van der Waals surface area contributed by atoms with Crippen molar-refractivity contribution in [3.8, 4) is 0 Å². The molecule has 1 heterocycles. The van der Waals surface area contributed by atoms with Crippen LogP contribution in [0.4, 0.5) is 5.69 Å². The minimum absolute atomic E-state index is 0.0309. The average molecular weight is 466 g/mol. The first-order valence-electron chi connectivity index (χ1n) is 11.6. The number of hydrogen-bond acceptors (Lipinski definition) is 4. The van der Waals surface area contributed by atoms with Crippen molar-refractivity contribution in [2.45, 2.75) is 25.3 Å². The Morgan fingerprint density at radius 2 is 1.62 bits per heavy atom. The van der Waals surface area contributed by atoms with Crippen molar-refractivity contribution in [3.05, 3.63) is 119 Å². The molecule has 0 saturated heterocycles. The van der Waals surface area contributed by atoms with E-state index in [0.717, 1.165) is 30.1 Å². The molecule has 3 aromatic rings. The van der Waals surface area contributed by atoms with Gasteiger partial charge >= 0.3 is 0 Å². The van der Waals surface area contributed by atoms with Crippen LogP contribution in [0.1, 0.15) is 36.4 Å². The molecular formula is C29H27N3OS. The predicted molar refractivity (Wildman–Crippen MR) is 143 cm³/mol. The van der Waals surface area contributed by atoms with Crippen LogP contribution in [0.3, 0.4) is 0 Å². The first-order chi connectivity index (χ1) is 16.8. The number of aliphatic imine (C=N–C) groups is 1. The molecular weight excluding hydrogens is 438 g/mol. The number of thioether (sulfide) groups is 1. The Labute approximate surface area is 204 Å². The van der Waals surface area contributed by atoms with Gasteiger partial charge in [0.25, 0.3) is 0 Å². The van der Waals surface area contributed by atoms with Gasteiger partial charge in [0.15, 0.2) is 5.17 Å². The van der Waals surface area contributed by atoms with Gasteiger partial charge in [-0.3, -0.25) is 4.79 Å². The molecule has 5 heteroatoms. The summed E-state index contributed by atoms with van der Waals surface area (Å²) in [6.07, 6.45) is 5.43. The Bertz CT molecular complexity index is 1230. The standard InChI is InChI=1S/C29H27N3OS/c33-26(30-24-16-8-3-9-17-24)20-34-29-31-27(22-13-6-2-7-14-22)25-18-10-15-23(28(25)32-29)19-21-11-4-1-5-12-21/h1-9,11-14,16-17,19,27H,10,15,18,20H2,(H,30,33)(H,31,32)/b23-19+/t27-/m0/s1. The molecule has 0 saturated carbocycles. The third-order valence-corrected chi connectivity index (χ3v) is 6.88. The minimum Gasteiger partial charge on any atom is -0.335 e. The number of rotatable bonds is 5. The summed E-state index contributed by atoms with van der Waals surface area (Å²) in [6.45, 7) is 0. The van der Waals surface area contributed by atoms with E-state index in [1.807, 2.05) is 42.5 Å². The van der Waals surface area contributed by atoms with E-state index in [9.17, 15) is 4.79 Å². The second kappa shape index (κ2) is 10.6. The quantitative estimate of drug-likeness (QED) is 0.447. The van der Waals surface area contributed by atoms with Gasteiger partial charge in [0.05, 0.1) is 5.75 Å². The number of carbonyl (C=O) groups is 1. The van der Waals surface area contributed by atoms with Gasteiger partial charge < -0.3 is 10.6 Å². The molecule has 0 fully saturated rings. The highest BCUT2D eigenvalue weighted by Crippen LogP contribution is 2.41. The van der Waals surface area contributed by atoms with Crippen LogP contribution >= 0.6 is 11.8 Å². The summed E-state index contributed by atoms with van der Waals surface area (Å²) in [5.41, 5.74) is 6.99. The molecule has 0 bridgehead atoms. The Hall–Kier alpha value is -3.57. The molecule has 1 atom stereocenters. The van der Waals surface area contributed by atoms with Crippen molar-refractivity contribution in [2.24, 2.45) is 4.99 Å². The Balaban J connectivity index is 1.40. The van der Waals surface area contributed by atoms with E-state index >= 15 is 0 Å². The van der Waals surface area contributed by atoms with E-state index in [2.05, 4.69) is 65.2 Å². The van der Waals surface area contributed by atoms with E-state index in [-0.39, 0.29) is 11.9 Å². The number of amidine groups is 1. The Kier molecular flexibility index (Phi) is 6.91. The van der Waals surface area contributed by atoms with Gasteiger partial charge in [0.1, 0.15) is 6.04 Å². The van der Waals surface area contributed by atoms with Crippen molar-refractivity contribution in [3.63, 3.8) is 0 Å². The number of benzene rings is 3. The summed E-state index contributed by atoms with van der Waals surface area (Å²) < 4.78 is 0. The number of para-hydroxylation sites is 1. The van der Waals surface area contributed by atoms with Gasteiger partial charge in [-0.25, -0.2) is 4.99 Å². The van der Waals surface area contributed by atoms with Crippen LogP contribution in [-0.4, -0.2) is 16.8 Å². The molecule has 2 N–H and O–H groups in total. The Morgan fingerprint density at radius 1 is 0.941 bits per heavy atom. The fourth-order valence-electron chi connectivity index (χ4n) is 4.43. The molecule has 5 rings (SSSR count). The summed E-state index contributed by atoms with van der Waals surface area (Å²) >= 11 is 1.45. The van der Waals surface area contributed by atoms with Crippen LogP contribution < -0.4 is 10.6 Å². The molecule has 1 aliphatic carbocycles. The molecule has 3 aromatic carbocycles. The van der Waals surface area contributed by atoms with Crippen molar-refractivity contribution < 1.29 is 4.79 Å². The molecule has 0 aromatic heterocycles. The third kappa shape index (κ3) is 5.32. The number of amides is 1. The van der Waals surface area contributed by atoms with E-state index in [0.29, 0.717) is 5.75 Å². The summed E-state index contributed by atoms with van der Waals surface area (Å²) in [6, 6.07) is 30.4. The smallest absolute Gasteiger partial charge is 0.234 e. The molecule has 4 nitrogen and oxygen atoms in total. The summed E-state index contributed by atoms with van der Waals surface area (Å²) in [4.78, 5) is 17.6. The Morgan fingerprint density at radius 3 is 2.35 bits per heavy atom. The first-order valence-corrected chi connectivity index (χ1v) is 12.6. The van der Waals surface area contributed by atoms with Gasteiger partial charge in [-0.2, -0.15) is 0 Å². The van der Waals surface area contributed by atoms with E-state index < -0.39 is 0 Å². The highest BCUT2D eigenvalue weighted by Gasteiger charge is 2.30. The maximum atomic E-state index is 12.6. The molecule has 1 aliphatic heterocycles. The van der Waals surface area contributed by atoms with Crippen molar-refractivity contribution in [2.75, 3.05) is 11.1 Å². The monoisotopic (exact) mass is 465 g/mol. The summed E-state index contributed by atoms with van der Waals surface area (Å²) in [5, 5.41) is 7.33. The second-order valence-electron chi connectivity index (χ2n) is 8.41. The molecule has 2 aliphatic rings. The van der Waals surface area contributed by atoms with Crippen LogP contribution in [0.25, 0.3) is 6.08 Å². The fraction of sp³-hybridized carbons (Fsp3) is 0.172. The van der Waals surface area contributed by atoms with E-state index in [4.69, 9.17) is 4.99 Å². The summed E-state index contributed by atoms with van der Waals surface area (Å²) in [7, 11) is 0. The zero-order valence-corrected chi connectivity index (χ0v) is 19.7. The lowest BCUT2D eigenvalue weighted by Crippen LogP contribution is -2.32. The largest absolute Gasteiger partial charge is 0.335 e. The SMILES string of the molecule is O=C(CSC1=N[C@@H](c2ccccc2)C2=C(N1)/C(=C/c1ccccc1)CCC2)Nc1ccccc1. The third-order valence-electron chi connectivity index (χ3n) is 6.00. The van der Waals surface area contributed by atoms with Crippen LogP contribution in [0.5, 0.6) is 0 Å². The number of nitrogens with zero attached hydrogens (tertiary/aromatic N) is 1. The summed E-state index contributed by atoms with van der Waals surface area (Å²) in [5.74, 6) is 0.253. The second-order valence-corrected chi connectivity index (χ2v) is 9.37. The maximum Gasteiger partial charge on any atom is 0.234 e. The number of anilines is 1. The highest BCUT2D eigenvalue weighted by atomic mass is 32.2. The zero-order chi connectivity index (χ0) is 23.2. The number of carbonyl (C=O) groups excluding carboxylic acids is 1. The molecule has 1 amide bonds. The van der Waals surface area contributed by atoms with E-state index in [1.54, 1.807) is 0 Å². The number of nitrogens with one attached hydrogen (secondary N) is 2. The van der Waals surface area contributed by atoms with E-state index in [1.165, 1.54) is 39.7 Å². The van der Waals surface area contributed by atoms with Crippen LogP contribution in [0.15, 0.2) is 113 Å². The topological polar surface area (TPSA) is 53.5 Å². The maximum absolute atomic E-state index is 12.6. The molecule has 0 radical (unpaired) electrons. The lowest BCUT2D eigenvalue weighted by atomic mass is 9.84. The van der Waals surface area contributed by atoms with Gasteiger partial charge in [0, 0.05) is 11.4 Å². The number of allylic oxidation sites excluding steroid dienone is 1. The number of hydrogen-bond donors (Lipinski definition) is 2. The van der Waals surface area contributed by atoms with Gasteiger partial charge in [0.2, 0.25) is 5.91 Å². The van der Waals surface area contributed by atoms with Crippen LogP contribution in [0.2, 0.25) is 0 Å².